The lowest BCUT2D eigenvalue weighted by atomic mass is 10.1. The molecule has 0 radical (unpaired) electrons. The number of amides is 1. The van der Waals surface area contributed by atoms with Gasteiger partial charge >= 0.3 is 0 Å². The Bertz CT molecular complexity index is 448. The first-order chi connectivity index (χ1) is 7.72. The Morgan fingerprint density at radius 2 is 2.31 bits per heavy atom. The van der Waals surface area contributed by atoms with Crippen LogP contribution in [0.25, 0.3) is 0 Å². The van der Waals surface area contributed by atoms with E-state index in [1.165, 1.54) is 0 Å². The van der Waals surface area contributed by atoms with Gasteiger partial charge in [0.2, 0.25) is 5.91 Å². The summed E-state index contributed by atoms with van der Waals surface area (Å²) < 4.78 is 0. The van der Waals surface area contributed by atoms with E-state index in [-0.39, 0.29) is 17.9 Å². The molecule has 2 N–H and O–H groups in total. The van der Waals surface area contributed by atoms with Crippen LogP contribution in [0.2, 0.25) is 5.02 Å². The van der Waals surface area contributed by atoms with E-state index in [9.17, 15) is 4.79 Å². The minimum absolute atomic E-state index is 0.163. The van der Waals surface area contributed by atoms with Gasteiger partial charge in [-0.3, -0.25) is 4.79 Å². The average Bonchev–Trinajstić information content (AvgIpc) is 3.00. The Morgan fingerprint density at radius 1 is 1.50 bits per heavy atom. The molecule has 0 bridgehead atoms. The molecule has 3 nitrogen and oxygen atoms in total. The lowest BCUT2D eigenvalue weighted by molar-refractivity contribution is -0.118. The van der Waals surface area contributed by atoms with Crippen LogP contribution in [0, 0.1) is 11.8 Å². The second-order valence-electron chi connectivity index (χ2n) is 4.50. The van der Waals surface area contributed by atoms with Gasteiger partial charge in [-0.1, -0.05) is 17.7 Å². The van der Waals surface area contributed by atoms with Crippen LogP contribution >= 0.6 is 11.6 Å². The number of anilines is 1. The zero-order chi connectivity index (χ0) is 11.3. The predicted molar refractivity (Wildman–Crippen MR) is 63.4 cm³/mol. The van der Waals surface area contributed by atoms with Crippen LogP contribution in [0.1, 0.15) is 6.42 Å². The van der Waals surface area contributed by atoms with Crippen molar-refractivity contribution in [3.63, 3.8) is 0 Å². The summed E-state index contributed by atoms with van der Waals surface area (Å²) in [7, 11) is 0. The van der Waals surface area contributed by atoms with E-state index in [0.29, 0.717) is 17.5 Å². The molecule has 4 heteroatoms. The number of piperidine rings is 1. The Morgan fingerprint density at radius 3 is 3.00 bits per heavy atom. The molecule has 0 aromatic heterocycles. The van der Waals surface area contributed by atoms with Crippen molar-refractivity contribution in [3.05, 3.63) is 29.3 Å². The Labute approximate surface area is 99.2 Å². The van der Waals surface area contributed by atoms with Crippen molar-refractivity contribution in [3.8, 4) is 0 Å². The van der Waals surface area contributed by atoms with E-state index < -0.39 is 0 Å². The molecule has 3 unspecified atom stereocenters. The molecule has 1 saturated carbocycles. The molecule has 0 spiro atoms. The SMILES string of the molecule is NCC1C2CC2C(=O)N1c1cccc(Cl)c1. The van der Waals surface area contributed by atoms with Crippen LogP contribution in [0.5, 0.6) is 0 Å². The molecule has 1 saturated heterocycles. The van der Waals surface area contributed by atoms with Crippen LogP contribution in [-0.2, 0) is 4.79 Å². The van der Waals surface area contributed by atoms with Gasteiger partial charge in [0.15, 0.2) is 0 Å². The lowest BCUT2D eigenvalue weighted by Crippen LogP contribution is -2.41. The van der Waals surface area contributed by atoms with Gasteiger partial charge in [0.25, 0.3) is 0 Å². The van der Waals surface area contributed by atoms with E-state index in [0.717, 1.165) is 12.1 Å². The highest BCUT2D eigenvalue weighted by molar-refractivity contribution is 6.31. The third kappa shape index (κ3) is 1.35. The van der Waals surface area contributed by atoms with Gasteiger partial charge < -0.3 is 10.6 Å². The predicted octanol–water partition coefficient (Wildman–Crippen LogP) is 1.65. The normalized spacial score (nSPS) is 31.8. The summed E-state index contributed by atoms with van der Waals surface area (Å²) in [5, 5.41) is 0.654. The average molecular weight is 237 g/mol. The van der Waals surface area contributed by atoms with Gasteiger partial charge in [0.05, 0.1) is 6.04 Å². The number of halogens is 1. The standard InChI is InChI=1S/C12H13ClN2O/c13-7-2-1-3-8(4-7)15-11(6-14)9-5-10(9)12(15)16/h1-4,9-11H,5-6,14H2. The topological polar surface area (TPSA) is 46.3 Å². The van der Waals surface area contributed by atoms with Gasteiger partial charge in [0, 0.05) is 23.2 Å². The van der Waals surface area contributed by atoms with Gasteiger partial charge in [-0.05, 0) is 30.5 Å². The Kier molecular flexibility index (Phi) is 2.19. The quantitative estimate of drug-likeness (QED) is 0.849. The second-order valence-corrected chi connectivity index (χ2v) is 4.93. The van der Waals surface area contributed by atoms with Crippen molar-refractivity contribution in [1.29, 1.82) is 0 Å². The first kappa shape index (κ1) is 10.1. The first-order valence-corrected chi connectivity index (χ1v) is 5.89. The van der Waals surface area contributed by atoms with Crippen molar-refractivity contribution >= 4 is 23.2 Å². The van der Waals surface area contributed by atoms with E-state index in [1.807, 2.05) is 29.2 Å². The summed E-state index contributed by atoms with van der Waals surface area (Å²) >= 11 is 5.94. The maximum absolute atomic E-state index is 12.1. The van der Waals surface area contributed by atoms with Crippen molar-refractivity contribution in [2.45, 2.75) is 12.5 Å². The maximum Gasteiger partial charge on any atom is 0.230 e. The number of benzene rings is 1. The number of hydrogen-bond donors (Lipinski definition) is 1. The van der Waals surface area contributed by atoms with E-state index in [4.69, 9.17) is 17.3 Å². The van der Waals surface area contributed by atoms with Crippen LogP contribution in [0.15, 0.2) is 24.3 Å². The zero-order valence-electron chi connectivity index (χ0n) is 8.77. The van der Waals surface area contributed by atoms with Gasteiger partial charge in [0.1, 0.15) is 0 Å². The molecule has 3 atom stereocenters. The lowest BCUT2D eigenvalue weighted by Gasteiger charge is -2.26. The summed E-state index contributed by atoms with van der Waals surface area (Å²) in [5.41, 5.74) is 6.63. The van der Waals surface area contributed by atoms with E-state index in [1.54, 1.807) is 0 Å². The highest BCUT2D eigenvalue weighted by Crippen LogP contribution is 2.51. The van der Waals surface area contributed by atoms with Crippen LogP contribution < -0.4 is 10.6 Å². The first-order valence-electron chi connectivity index (χ1n) is 5.51. The van der Waals surface area contributed by atoms with Gasteiger partial charge in [-0.15, -0.1) is 0 Å². The number of nitrogens with two attached hydrogens (primary N) is 1. The highest BCUT2D eigenvalue weighted by Gasteiger charge is 2.58. The van der Waals surface area contributed by atoms with Gasteiger partial charge in [-0.2, -0.15) is 0 Å². The minimum Gasteiger partial charge on any atom is -0.328 e. The fraction of sp³-hybridized carbons (Fsp3) is 0.417. The van der Waals surface area contributed by atoms with Gasteiger partial charge in [-0.25, -0.2) is 0 Å². The smallest absolute Gasteiger partial charge is 0.230 e. The molecule has 3 rings (SSSR count). The van der Waals surface area contributed by atoms with Crippen LogP contribution in [-0.4, -0.2) is 18.5 Å². The fourth-order valence-corrected chi connectivity index (χ4v) is 2.87. The fourth-order valence-electron chi connectivity index (χ4n) is 2.68. The molecule has 1 aliphatic carbocycles. The van der Waals surface area contributed by atoms with Crippen molar-refractivity contribution < 1.29 is 4.79 Å². The molecule has 1 heterocycles. The van der Waals surface area contributed by atoms with Crippen molar-refractivity contribution in [2.75, 3.05) is 11.4 Å². The zero-order valence-corrected chi connectivity index (χ0v) is 9.52. The van der Waals surface area contributed by atoms with Crippen molar-refractivity contribution in [2.24, 2.45) is 17.6 Å². The molecular formula is C12H13ClN2O. The summed E-state index contributed by atoms with van der Waals surface area (Å²) in [6, 6.07) is 7.58. The van der Waals surface area contributed by atoms with Crippen molar-refractivity contribution in [1.82, 2.24) is 0 Å². The van der Waals surface area contributed by atoms with Crippen LogP contribution in [0.4, 0.5) is 5.69 Å². The summed E-state index contributed by atoms with van der Waals surface area (Å²) in [6.07, 6.45) is 1.01. The maximum atomic E-state index is 12.1. The molecule has 2 fully saturated rings. The van der Waals surface area contributed by atoms with E-state index in [2.05, 4.69) is 0 Å². The monoisotopic (exact) mass is 236 g/mol. The summed E-state index contributed by atoms with van der Waals surface area (Å²) in [6.45, 7) is 0.527. The minimum atomic E-state index is 0.163. The summed E-state index contributed by atoms with van der Waals surface area (Å²) in [5.74, 6) is 0.895. The molecule has 1 amide bonds. The molecular weight excluding hydrogens is 224 g/mol. The highest BCUT2D eigenvalue weighted by atomic mass is 35.5. The number of hydrogen-bond acceptors (Lipinski definition) is 2. The largest absolute Gasteiger partial charge is 0.328 e. The van der Waals surface area contributed by atoms with Crippen LogP contribution in [0.3, 0.4) is 0 Å². The Balaban J connectivity index is 1.97. The van der Waals surface area contributed by atoms with E-state index >= 15 is 0 Å². The molecule has 1 aromatic carbocycles. The molecule has 84 valence electrons. The number of carbonyl (C=O) groups is 1. The Hall–Kier alpha value is -1.06. The third-order valence-electron chi connectivity index (χ3n) is 3.55. The molecule has 1 aromatic rings. The molecule has 16 heavy (non-hydrogen) atoms. The molecule has 1 aliphatic heterocycles. The third-order valence-corrected chi connectivity index (χ3v) is 3.78. The number of nitrogens with zero attached hydrogens (tertiary/aromatic N) is 1. The summed E-state index contributed by atoms with van der Waals surface area (Å²) in [4.78, 5) is 13.9. The molecule has 2 aliphatic rings. The number of rotatable bonds is 2. The number of fused-ring (bicyclic) bond motifs is 1. The number of carbonyl (C=O) groups excluding carboxylic acids is 1. The second kappa shape index (κ2) is 3.47.